The molecule has 1 aromatic heterocycles. The van der Waals surface area contributed by atoms with Crippen LogP contribution in [0.3, 0.4) is 0 Å². The van der Waals surface area contributed by atoms with E-state index in [0.717, 1.165) is 30.0 Å². The third kappa shape index (κ3) is 3.62. The molecule has 2 aromatic rings. The Hall–Kier alpha value is -2.14. The van der Waals surface area contributed by atoms with Gasteiger partial charge in [0.25, 0.3) is 0 Å². The van der Waals surface area contributed by atoms with Crippen LogP contribution in [-0.2, 0) is 11.3 Å². The topological polar surface area (TPSA) is 66.6 Å². The summed E-state index contributed by atoms with van der Waals surface area (Å²) in [6.45, 7) is 6.13. The monoisotopic (exact) mass is 314 g/mol. The molecule has 5 heteroatoms. The van der Waals surface area contributed by atoms with E-state index < -0.39 is 5.97 Å². The Morgan fingerprint density at radius 2 is 2.09 bits per heavy atom. The molecule has 1 aliphatic heterocycles. The van der Waals surface area contributed by atoms with Crippen molar-refractivity contribution in [1.82, 2.24) is 9.88 Å². The van der Waals surface area contributed by atoms with Crippen molar-refractivity contribution in [2.75, 3.05) is 13.1 Å². The van der Waals surface area contributed by atoms with Crippen LogP contribution in [0, 0.1) is 18.8 Å². The van der Waals surface area contributed by atoms with Gasteiger partial charge in [-0.1, -0.05) is 25.1 Å². The predicted molar refractivity (Wildman–Crippen MR) is 86.9 cm³/mol. The standard InChI is InChI=1S/C18H22N2O3/c1-12-8-15(18(21)22)10-20(9-12)11-16-13(2)23-17(19-16)14-6-4-3-5-7-14/h3-7,12,15H,8-11H2,1-2H3,(H,21,22). The summed E-state index contributed by atoms with van der Waals surface area (Å²) in [4.78, 5) is 18.1. The molecule has 0 saturated carbocycles. The minimum Gasteiger partial charge on any atom is -0.481 e. The van der Waals surface area contributed by atoms with Gasteiger partial charge in [0.05, 0.1) is 11.6 Å². The Balaban J connectivity index is 1.75. The molecule has 2 heterocycles. The van der Waals surface area contributed by atoms with Gasteiger partial charge < -0.3 is 9.52 Å². The van der Waals surface area contributed by atoms with Gasteiger partial charge in [0.15, 0.2) is 0 Å². The molecule has 0 aliphatic carbocycles. The Morgan fingerprint density at radius 3 is 2.78 bits per heavy atom. The van der Waals surface area contributed by atoms with Gasteiger partial charge in [-0.3, -0.25) is 9.69 Å². The molecule has 2 atom stereocenters. The van der Waals surface area contributed by atoms with Crippen molar-refractivity contribution in [1.29, 1.82) is 0 Å². The molecule has 122 valence electrons. The largest absolute Gasteiger partial charge is 0.481 e. The van der Waals surface area contributed by atoms with E-state index in [-0.39, 0.29) is 5.92 Å². The summed E-state index contributed by atoms with van der Waals surface area (Å²) in [5, 5.41) is 9.29. The molecular formula is C18H22N2O3. The first-order valence-electron chi connectivity index (χ1n) is 8.00. The number of aryl methyl sites for hydroxylation is 1. The molecule has 1 aliphatic rings. The van der Waals surface area contributed by atoms with Crippen LogP contribution in [0.15, 0.2) is 34.7 Å². The zero-order valence-electron chi connectivity index (χ0n) is 13.5. The number of oxazole rings is 1. The van der Waals surface area contributed by atoms with Crippen molar-refractivity contribution in [3.8, 4) is 11.5 Å². The average Bonchev–Trinajstić information content (AvgIpc) is 2.88. The molecule has 0 amide bonds. The van der Waals surface area contributed by atoms with Gasteiger partial charge in [-0.05, 0) is 31.4 Å². The van der Waals surface area contributed by atoms with Crippen LogP contribution in [0.1, 0.15) is 24.8 Å². The first-order chi connectivity index (χ1) is 11.0. The normalized spacial score (nSPS) is 22.2. The van der Waals surface area contributed by atoms with E-state index in [1.165, 1.54) is 0 Å². The van der Waals surface area contributed by atoms with E-state index in [0.29, 0.717) is 24.9 Å². The Morgan fingerprint density at radius 1 is 1.35 bits per heavy atom. The van der Waals surface area contributed by atoms with Crippen LogP contribution in [0.4, 0.5) is 0 Å². The number of nitrogens with zero attached hydrogens (tertiary/aromatic N) is 2. The molecule has 0 bridgehead atoms. The molecule has 1 fully saturated rings. The first-order valence-corrected chi connectivity index (χ1v) is 8.00. The molecule has 1 saturated heterocycles. The van der Waals surface area contributed by atoms with Crippen molar-refractivity contribution in [2.45, 2.75) is 26.8 Å². The molecular weight excluding hydrogens is 292 g/mol. The predicted octanol–water partition coefficient (Wildman–Crippen LogP) is 3.19. The zero-order valence-corrected chi connectivity index (χ0v) is 13.5. The highest BCUT2D eigenvalue weighted by molar-refractivity contribution is 5.70. The fourth-order valence-electron chi connectivity index (χ4n) is 3.26. The number of carbonyl (C=O) groups is 1. The second-order valence-corrected chi connectivity index (χ2v) is 6.46. The summed E-state index contributed by atoms with van der Waals surface area (Å²) in [5.74, 6) is 0.806. The second kappa shape index (κ2) is 6.54. The minimum atomic E-state index is -0.705. The fourth-order valence-corrected chi connectivity index (χ4v) is 3.26. The van der Waals surface area contributed by atoms with Gasteiger partial charge in [-0.2, -0.15) is 0 Å². The van der Waals surface area contributed by atoms with Crippen LogP contribution < -0.4 is 0 Å². The van der Waals surface area contributed by atoms with E-state index in [2.05, 4.69) is 16.8 Å². The van der Waals surface area contributed by atoms with Crippen molar-refractivity contribution in [3.05, 3.63) is 41.8 Å². The van der Waals surface area contributed by atoms with Crippen molar-refractivity contribution in [2.24, 2.45) is 11.8 Å². The first kappa shape index (κ1) is 15.7. The minimum absolute atomic E-state index is 0.292. The third-order valence-corrected chi connectivity index (χ3v) is 4.37. The number of aliphatic carboxylic acids is 1. The Labute approximate surface area is 135 Å². The van der Waals surface area contributed by atoms with Crippen LogP contribution in [0.25, 0.3) is 11.5 Å². The highest BCUT2D eigenvalue weighted by Gasteiger charge is 2.30. The maximum atomic E-state index is 11.3. The number of carboxylic acids is 1. The lowest BCUT2D eigenvalue weighted by Gasteiger charge is -2.34. The number of rotatable bonds is 4. The van der Waals surface area contributed by atoms with Crippen LogP contribution in [-0.4, -0.2) is 34.0 Å². The number of carboxylic acid groups (broad SMARTS) is 1. The van der Waals surface area contributed by atoms with E-state index in [9.17, 15) is 9.90 Å². The number of hydrogen-bond donors (Lipinski definition) is 1. The number of likely N-dealkylation sites (tertiary alicyclic amines) is 1. The van der Waals surface area contributed by atoms with Gasteiger partial charge in [-0.25, -0.2) is 4.98 Å². The van der Waals surface area contributed by atoms with E-state index in [1.807, 2.05) is 37.3 Å². The summed E-state index contributed by atoms with van der Waals surface area (Å²) in [6, 6.07) is 9.81. The quantitative estimate of drug-likeness (QED) is 0.938. The highest BCUT2D eigenvalue weighted by atomic mass is 16.4. The lowest BCUT2D eigenvalue weighted by atomic mass is 9.90. The van der Waals surface area contributed by atoms with Crippen LogP contribution >= 0.6 is 0 Å². The third-order valence-electron chi connectivity index (χ3n) is 4.37. The highest BCUT2D eigenvalue weighted by Crippen LogP contribution is 2.26. The van der Waals surface area contributed by atoms with Gasteiger partial charge in [-0.15, -0.1) is 0 Å². The number of aromatic nitrogens is 1. The van der Waals surface area contributed by atoms with Crippen molar-refractivity contribution in [3.63, 3.8) is 0 Å². The zero-order chi connectivity index (χ0) is 16.4. The Bertz CT molecular complexity index is 681. The molecule has 2 unspecified atom stereocenters. The summed E-state index contributed by atoms with van der Waals surface area (Å²) < 4.78 is 5.79. The smallest absolute Gasteiger partial charge is 0.307 e. The van der Waals surface area contributed by atoms with Gasteiger partial charge >= 0.3 is 5.97 Å². The van der Waals surface area contributed by atoms with Crippen LogP contribution in [0.5, 0.6) is 0 Å². The lowest BCUT2D eigenvalue weighted by Crippen LogP contribution is -2.42. The molecule has 1 N–H and O–H groups in total. The molecule has 1 aromatic carbocycles. The van der Waals surface area contributed by atoms with Crippen molar-refractivity contribution >= 4 is 5.97 Å². The second-order valence-electron chi connectivity index (χ2n) is 6.46. The van der Waals surface area contributed by atoms with E-state index >= 15 is 0 Å². The lowest BCUT2D eigenvalue weighted by molar-refractivity contribution is -0.144. The maximum absolute atomic E-state index is 11.3. The Kier molecular flexibility index (Phi) is 4.48. The summed E-state index contributed by atoms with van der Waals surface area (Å²) in [5.41, 5.74) is 1.85. The van der Waals surface area contributed by atoms with Crippen molar-refractivity contribution < 1.29 is 14.3 Å². The summed E-state index contributed by atoms with van der Waals surface area (Å²) in [7, 11) is 0. The SMILES string of the molecule is Cc1oc(-c2ccccc2)nc1CN1CC(C)CC(C(=O)O)C1. The van der Waals surface area contributed by atoms with E-state index in [4.69, 9.17) is 4.42 Å². The van der Waals surface area contributed by atoms with E-state index in [1.54, 1.807) is 0 Å². The fraction of sp³-hybridized carbons (Fsp3) is 0.444. The molecule has 23 heavy (non-hydrogen) atoms. The number of benzene rings is 1. The molecule has 0 spiro atoms. The average molecular weight is 314 g/mol. The molecule has 5 nitrogen and oxygen atoms in total. The molecule has 3 rings (SSSR count). The number of hydrogen-bond acceptors (Lipinski definition) is 4. The number of piperidine rings is 1. The summed E-state index contributed by atoms with van der Waals surface area (Å²) >= 11 is 0. The van der Waals surface area contributed by atoms with Crippen LogP contribution in [0.2, 0.25) is 0 Å². The maximum Gasteiger partial charge on any atom is 0.307 e. The summed E-state index contributed by atoms with van der Waals surface area (Å²) in [6.07, 6.45) is 0.749. The molecule has 0 radical (unpaired) electrons. The van der Waals surface area contributed by atoms with Gasteiger partial charge in [0, 0.05) is 25.2 Å². The van der Waals surface area contributed by atoms with Gasteiger partial charge in [0.1, 0.15) is 5.76 Å². The van der Waals surface area contributed by atoms with Gasteiger partial charge in [0.2, 0.25) is 5.89 Å².